The van der Waals surface area contributed by atoms with Crippen LogP contribution in [0.2, 0.25) is 0 Å². The number of aromatic nitrogens is 1. The van der Waals surface area contributed by atoms with Crippen LogP contribution in [-0.4, -0.2) is 34.0 Å². The molecule has 18 heavy (non-hydrogen) atoms. The lowest BCUT2D eigenvalue weighted by atomic mass is 10.3. The molecule has 0 spiro atoms. The van der Waals surface area contributed by atoms with Crippen LogP contribution in [0.25, 0.3) is 10.6 Å². The highest BCUT2D eigenvalue weighted by Gasteiger charge is 2.11. The van der Waals surface area contributed by atoms with Crippen molar-refractivity contribution in [3.8, 4) is 10.6 Å². The summed E-state index contributed by atoms with van der Waals surface area (Å²) in [5, 5.41) is 15.9. The fourth-order valence-electron chi connectivity index (χ4n) is 1.60. The fraction of sp³-hybridized carbons (Fsp3) is 0.333. The van der Waals surface area contributed by atoms with E-state index < -0.39 is 5.97 Å². The Morgan fingerprint density at radius 2 is 2.33 bits per heavy atom. The van der Waals surface area contributed by atoms with Crippen molar-refractivity contribution in [2.45, 2.75) is 13.5 Å². The van der Waals surface area contributed by atoms with Gasteiger partial charge in [0.25, 0.3) is 0 Å². The molecule has 6 heteroatoms. The summed E-state index contributed by atoms with van der Waals surface area (Å²) < 4.78 is 0. The van der Waals surface area contributed by atoms with E-state index in [0.717, 1.165) is 16.3 Å². The van der Waals surface area contributed by atoms with Crippen LogP contribution in [0, 0.1) is 0 Å². The largest absolute Gasteiger partial charge is 0.480 e. The van der Waals surface area contributed by atoms with Gasteiger partial charge in [0.2, 0.25) is 0 Å². The molecule has 2 rings (SSSR count). The Morgan fingerprint density at radius 3 is 2.94 bits per heavy atom. The maximum absolute atomic E-state index is 10.7. The van der Waals surface area contributed by atoms with Gasteiger partial charge in [-0.05, 0) is 18.0 Å². The second-order valence-electron chi connectivity index (χ2n) is 3.85. The number of carbonyl (C=O) groups is 1. The molecular formula is C12H14N2O2S2. The van der Waals surface area contributed by atoms with E-state index in [2.05, 4.69) is 10.4 Å². The Hall–Kier alpha value is -1.24. The summed E-state index contributed by atoms with van der Waals surface area (Å²) in [7, 11) is 0. The maximum Gasteiger partial charge on any atom is 0.317 e. The normalized spacial score (nSPS) is 11.0. The first-order valence-corrected chi connectivity index (χ1v) is 7.42. The number of thiazole rings is 1. The van der Waals surface area contributed by atoms with Crippen LogP contribution < -0.4 is 0 Å². The van der Waals surface area contributed by atoms with Crippen molar-refractivity contribution < 1.29 is 9.90 Å². The summed E-state index contributed by atoms with van der Waals surface area (Å²) in [6.07, 6.45) is 0. The summed E-state index contributed by atoms with van der Waals surface area (Å²) in [6, 6.07) is 2.04. The second kappa shape index (κ2) is 6.08. The Bertz CT molecular complexity index is 508. The lowest BCUT2D eigenvalue weighted by Gasteiger charge is -2.15. The molecule has 0 saturated heterocycles. The van der Waals surface area contributed by atoms with Crippen molar-refractivity contribution in [2.24, 2.45) is 0 Å². The van der Waals surface area contributed by atoms with Crippen LogP contribution in [0.1, 0.15) is 12.6 Å². The van der Waals surface area contributed by atoms with Gasteiger partial charge in [-0.1, -0.05) is 6.92 Å². The van der Waals surface area contributed by atoms with Crippen molar-refractivity contribution in [1.29, 1.82) is 0 Å². The molecule has 2 aromatic heterocycles. The van der Waals surface area contributed by atoms with Crippen LogP contribution in [0.5, 0.6) is 0 Å². The Labute approximate surface area is 114 Å². The summed E-state index contributed by atoms with van der Waals surface area (Å²) in [5.74, 6) is -0.801. The Kier molecular flexibility index (Phi) is 4.46. The monoisotopic (exact) mass is 282 g/mol. The molecule has 0 aliphatic heterocycles. The van der Waals surface area contributed by atoms with Crippen LogP contribution >= 0.6 is 22.7 Å². The van der Waals surface area contributed by atoms with E-state index in [1.54, 1.807) is 22.7 Å². The van der Waals surface area contributed by atoms with Crippen LogP contribution in [0.4, 0.5) is 0 Å². The third-order valence-corrected chi connectivity index (χ3v) is 4.13. The SMILES string of the molecule is CCN(CC(=O)O)Cc1csc(-c2ccsc2)n1. The molecule has 0 radical (unpaired) electrons. The summed E-state index contributed by atoms with van der Waals surface area (Å²) in [5.41, 5.74) is 2.07. The first-order chi connectivity index (χ1) is 8.69. The number of likely N-dealkylation sites (N-methyl/N-ethyl adjacent to an activating group) is 1. The molecule has 0 saturated carbocycles. The van der Waals surface area contributed by atoms with Gasteiger partial charge in [-0.15, -0.1) is 11.3 Å². The quantitative estimate of drug-likeness (QED) is 0.885. The molecule has 1 N–H and O–H groups in total. The maximum atomic E-state index is 10.7. The first-order valence-electron chi connectivity index (χ1n) is 5.60. The standard InChI is InChI=1S/C12H14N2O2S2/c1-2-14(6-11(15)16)5-10-8-18-12(13-10)9-3-4-17-7-9/h3-4,7-8H,2,5-6H2,1H3,(H,15,16). The van der Waals surface area contributed by atoms with Gasteiger partial charge in [0.15, 0.2) is 0 Å². The summed E-state index contributed by atoms with van der Waals surface area (Å²) >= 11 is 3.25. The van der Waals surface area contributed by atoms with E-state index in [1.165, 1.54) is 0 Å². The molecule has 0 aliphatic carbocycles. The van der Waals surface area contributed by atoms with Crippen molar-refractivity contribution in [3.05, 3.63) is 27.9 Å². The predicted molar refractivity (Wildman–Crippen MR) is 74.0 cm³/mol. The molecule has 0 atom stereocenters. The third-order valence-electron chi connectivity index (χ3n) is 2.51. The Balaban J connectivity index is 2.04. The van der Waals surface area contributed by atoms with Gasteiger partial charge in [0.05, 0.1) is 12.2 Å². The van der Waals surface area contributed by atoms with E-state index in [1.807, 2.05) is 28.7 Å². The Morgan fingerprint density at radius 1 is 1.50 bits per heavy atom. The zero-order valence-electron chi connectivity index (χ0n) is 10.00. The van der Waals surface area contributed by atoms with Gasteiger partial charge in [-0.25, -0.2) is 4.98 Å². The zero-order chi connectivity index (χ0) is 13.0. The van der Waals surface area contributed by atoms with Gasteiger partial charge in [0.1, 0.15) is 5.01 Å². The average Bonchev–Trinajstić information content (AvgIpc) is 2.97. The predicted octanol–water partition coefficient (Wildman–Crippen LogP) is 2.78. The zero-order valence-corrected chi connectivity index (χ0v) is 11.6. The average molecular weight is 282 g/mol. The molecule has 4 nitrogen and oxygen atoms in total. The minimum atomic E-state index is -0.801. The van der Waals surface area contributed by atoms with Crippen LogP contribution in [-0.2, 0) is 11.3 Å². The second-order valence-corrected chi connectivity index (χ2v) is 5.49. The van der Waals surface area contributed by atoms with Crippen molar-refractivity contribution in [1.82, 2.24) is 9.88 Å². The summed E-state index contributed by atoms with van der Waals surface area (Å²) in [6.45, 7) is 3.30. The lowest BCUT2D eigenvalue weighted by molar-refractivity contribution is -0.138. The fourth-order valence-corrected chi connectivity index (χ4v) is 3.12. The minimum Gasteiger partial charge on any atom is -0.480 e. The number of nitrogens with zero attached hydrogens (tertiary/aromatic N) is 2. The van der Waals surface area contributed by atoms with Crippen LogP contribution in [0.3, 0.4) is 0 Å². The first kappa shape index (κ1) is 13.2. The van der Waals surface area contributed by atoms with E-state index in [9.17, 15) is 4.79 Å². The molecule has 0 fully saturated rings. The third kappa shape index (κ3) is 3.38. The molecule has 96 valence electrons. The number of hydrogen-bond donors (Lipinski definition) is 1. The molecule has 2 heterocycles. The van der Waals surface area contributed by atoms with E-state index in [-0.39, 0.29) is 6.54 Å². The van der Waals surface area contributed by atoms with Crippen molar-refractivity contribution in [3.63, 3.8) is 0 Å². The van der Waals surface area contributed by atoms with Gasteiger partial charge in [0, 0.05) is 22.9 Å². The molecule has 0 unspecified atom stereocenters. The lowest BCUT2D eigenvalue weighted by Crippen LogP contribution is -2.29. The molecule has 0 amide bonds. The number of thiophene rings is 1. The highest BCUT2D eigenvalue weighted by atomic mass is 32.1. The topological polar surface area (TPSA) is 53.4 Å². The van der Waals surface area contributed by atoms with Gasteiger partial charge in [-0.2, -0.15) is 11.3 Å². The molecule has 0 aromatic carbocycles. The minimum absolute atomic E-state index is 0.0574. The van der Waals surface area contributed by atoms with Gasteiger partial charge in [-0.3, -0.25) is 9.69 Å². The number of hydrogen-bond acceptors (Lipinski definition) is 5. The smallest absolute Gasteiger partial charge is 0.317 e. The van der Waals surface area contributed by atoms with Crippen LogP contribution in [0.15, 0.2) is 22.2 Å². The number of aliphatic carboxylic acids is 1. The summed E-state index contributed by atoms with van der Waals surface area (Å²) in [4.78, 5) is 17.1. The number of rotatable bonds is 6. The van der Waals surface area contributed by atoms with Crippen molar-refractivity contribution >= 4 is 28.6 Å². The highest BCUT2D eigenvalue weighted by molar-refractivity contribution is 7.14. The molecule has 0 bridgehead atoms. The molecular weight excluding hydrogens is 268 g/mol. The van der Waals surface area contributed by atoms with E-state index >= 15 is 0 Å². The molecule has 0 aliphatic rings. The van der Waals surface area contributed by atoms with Crippen molar-refractivity contribution in [2.75, 3.05) is 13.1 Å². The highest BCUT2D eigenvalue weighted by Crippen LogP contribution is 2.26. The van der Waals surface area contributed by atoms with E-state index in [4.69, 9.17) is 5.11 Å². The number of carboxylic acid groups (broad SMARTS) is 1. The van der Waals surface area contributed by atoms with Gasteiger partial charge < -0.3 is 5.11 Å². The van der Waals surface area contributed by atoms with E-state index in [0.29, 0.717) is 13.1 Å². The van der Waals surface area contributed by atoms with Gasteiger partial charge >= 0.3 is 5.97 Å². The molecule has 2 aromatic rings. The number of carboxylic acids is 1.